The summed E-state index contributed by atoms with van der Waals surface area (Å²) in [5, 5.41) is 8.91. The second kappa shape index (κ2) is 4.90. The summed E-state index contributed by atoms with van der Waals surface area (Å²) in [6.45, 7) is 4.35. The van der Waals surface area contributed by atoms with Crippen LogP contribution in [-0.2, 0) is 0 Å². The summed E-state index contributed by atoms with van der Waals surface area (Å²) in [5.41, 5.74) is 0. The largest absolute Gasteiger partial charge is 0.465 e. The van der Waals surface area contributed by atoms with Gasteiger partial charge in [0.15, 0.2) is 0 Å². The van der Waals surface area contributed by atoms with Crippen LogP contribution in [0.3, 0.4) is 0 Å². The average Bonchev–Trinajstić information content (AvgIpc) is 2.15. The number of nitrogens with zero attached hydrogens (tertiary/aromatic N) is 1. The minimum atomic E-state index is -0.770. The Bertz CT molecular complexity index is 191. The highest BCUT2D eigenvalue weighted by Crippen LogP contribution is 2.20. The van der Waals surface area contributed by atoms with Crippen LogP contribution >= 0.6 is 0 Å². The van der Waals surface area contributed by atoms with Crippen LogP contribution < -0.4 is 0 Å². The number of amides is 1. The smallest absolute Gasteiger partial charge is 0.407 e. The van der Waals surface area contributed by atoms with Crippen molar-refractivity contribution in [2.75, 3.05) is 6.54 Å². The lowest BCUT2D eigenvalue weighted by atomic mass is 9.98. The van der Waals surface area contributed by atoms with Gasteiger partial charge in [-0.25, -0.2) is 4.79 Å². The summed E-state index contributed by atoms with van der Waals surface area (Å²) in [6.07, 6.45) is 6.11. The molecule has 1 unspecified atom stereocenters. The van der Waals surface area contributed by atoms with Crippen LogP contribution in [0.1, 0.15) is 32.1 Å². The van der Waals surface area contributed by atoms with Gasteiger partial charge in [-0.15, -0.1) is 6.58 Å². The highest BCUT2D eigenvalue weighted by atomic mass is 16.4. The Hall–Kier alpha value is -0.990. The molecule has 1 rings (SSSR count). The SMILES string of the molecule is C=CCCC1CCCCN1C(=O)O. The molecule has 3 heteroatoms. The van der Waals surface area contributed by atoms with Gasteiger partial charge in [-0.2, -0.15) is 0 Å². The quantitative estimate of drug-likeness (QED) is 0.683. The molecule has 0 saturated carbocycles. The summed E-state index contributed by atoms with van der Waals surface area (Å²) in [5.74, 6) is 0. The molecule has 0 aromatic heterocycles. The normalized spacial score (nSPS) is 22.8. The van der Waals surface area contributed by atoms with Gasteiger partial charge < -0.3 is 10.0 Å². The van der Waals surface area contributed by atoms with Crippen LogP contribution in [0.25, 0.3) is 0 Å². The molecule has 0 aromatic carbocycles. The Labute approximate surface area is 79.0 Å². The first-order chi connectivity index (χ1) is 6.25. The van der Waals surface area contributed by atoms with E-state index in [0.717, 1.165) is 32.1 Å². The van der Waals surface area contributed by atoms with Crippen molar-refractivity contribution in [3.05, 3.63) is 12.7 Å². The van der Waals surface area contributed by atoms with Crippen molar-refractivity contribution < 1.29 is 9.90 Å². The van der Waals surface area contributed by atoms with Gasteiger partial charge >= 0.3 is 6.09 Å². The molecule has 1 fully saturated rings. The van der Waals surface area contributed by atoms with Gasteiger partial charge in [0, 0.05) is 12.6 Å². The summed E-state index contributed by atoms with van der Waals surface area (Å²) in [6, 6.07) is 0.226. The lowest BCUT2D eigenvalue weighted by molar-refractivity contribution is 0.104. The maximum Gasteiger partial charge on any atom is 0.407 e. The van der Waals surface area contributed by atoms with E-state index in [9.17, 15) is 4.79 Å². The van der Waals surface area contributed by atoms with E-state index in [1.807, 2.05) is 6.08 Å². The third-order valence-corrected chi connectivity index (χ3v) is 2.58. The number of hydrogen-bond acceptors (Lipinski definition) is 1. The van der Waals surface area contributed by atoms with Crippen molar-refractivity contribution in [2.45, 2.75) is 38.1 Å². The van der Waals surface area contributed by atoms with Gasteiger partial charge in [-0.05, 0) is 32.1 Å². The Kier molecular flexibility index (Phi) is 3.80. The molecule has 0 aromatic rings. The molecule has 1 atom stereocenters. The van der Waals surface area contributed by atoms with E-state index in [-0.39, 0.29) is 6.04 Å². The zero-order valence-corrected chi connectivity index (χ0v) is 7.91. The fourth-order valence-electron chi connectivity index (χ4n) is 1.86. The van der Waals surface area contributed by atoms with Crippen LogP contribution in [-0.4, -0.2) is 28.7 Å². The molecule has 1 saturated heterocycles. The Balaban J connectivity index is 2.46. The Morgan fingerprint density at radius 3 is 3.00 bits per heavy atom. The maximum absolute atomic E-state index is 10.8. The molecule has 1 heterocycles. The van der Waals surface area contributed by atoms with E-state index in [0.29, 0.717) is 6.54 Å². The molecule has 13 heavy (non-hydrogen) atoms. The molecule has 74 valence electrons. The van der Waals surface area contributed by atoms with E-state index in [1.165, 1.54) is 0 Å². The molecule has 1 N–H and O–H groups in total. The minimum Gasteiger partial charge on any atom is -0.465 e. The summed E-state index contributed by atoms with van der Waals surface area (Å²) < 4.78 is 0. The van der Waals surface area contributed by atoms with E-state index in [1.54, 1.807) is 4.90 Å². The first-order valence-electron chi connectivity index (χ1n) is 4.86. The van der Waals surface area contributed by atoms with Crippen molar-refractivity contribution in [3.8, 4) is 0 Å². The minimum absolute atomic E-state index is 0.226. The van der Waals surface area contributed by atoms with E-state index in [4.69, 9.17) is 5.11 Å². The van der Waals surface area contributed by atoms with Gasteiger partial charge in [0.1, 0.15) is 0 Å². The molecular formula is C10H17NO2. The molecule has 0 radical (unpaired) electrons. The standard InChI is InChI=1S/C10H17NO2/c1-2-3-6-9-7-4-5-8-11(9)10(12)13/h2,9H,1,3-8H2,(H,12,13). The molecule has 3 nitrogen and oxygen atoms in total. The Morgan fingerprint density at radius 1 is 1.62 bits per heavy atom. The Morgan fingerprint density at radius 2 is 2.38 bits per heavy atom. The van der Waals surface area contributed by atoms with E-state index >= 15 is 0 Å². The number of carbonyl (C=O) groups is 1. The fourth-order valence-corrected chi connectivity index (χ4v) is 1.86. The van der Waals surface area contributed by atoms with Crippen molar-refractivity contribution in [3.63, 3.8) is 0 Å². The number of piperidine rings is 1. The lowest BCUT2D eigenvalue weighted by Gasteiger charge is -2.33. The van der Waals surface area contributed by atoms with Crippen LogP contribution in [0, 0.1) is 0 Å². The maximum atomic E-state index is 10.8. The molecule has 1 amide bonds. The van der Waals surface area contributed by atoms with Gasteiger partial charge in [-0.1, -0.05) is 6.08 Å². The first-order valence-corrected chi connectivity index (χ1v) is 4.86. The molecule has 0 aliphatic carbocycles. The van der Waals surface area contributed by atoms with Crippen molar-refractivity contribution in [1.29, 1.82) is 0 Å². The number of carboxylic acid groups (broad SMARTS) is 1. The second-order valence-corrected chi connectivity index (χ2v) is 3.49. The highest BCUT2D eigenvalue weighted by molar-refractivity contribution is 5.65. The van der Waals surface area contributed by atoms with Gasteiger partial charge in [0.05, 0.1) is 0 Å². The predicted molar refractivity (Wildman–Crippen MR) is 51.8 cm³/mol. The average molecular weight is 183 g/mol. The summed E-state index contributed by atoms with van der Waals surface area (Å²) in [4.78, 5) is 12.4. The van der Waals surface area contributed by atoms with Gasteiger partial charge in [-0.3, -0.25) is 0 Å². The molecule has 0 spiro atoms. The zero-order valence-electron chi connectivity index (χ0n) is 7.91. The molecule has 1 aliphatic heterocycles. The van der Waals surface area contributed by atoms with Crippen molar-refractivity contribution in [1.82, 2.24) is 4.90 Å². The van der Waals surface area contributed by atoms with Crippen LogP contribution in [0.2, 0.25) is 0 Å². The molecule has 1 aliphatic rings. The van der Waals surface area contributed by atoms with E-state index < -0.39 is 6.09 Å². The highest BCUT2D eigenvalue weighted by Gasteiger charge is 2.25. The molecule has 0 bridgehead atoms. The first kappa shape index (κ1) is 10.1. The predicted octanol–water partition coefficient (Wildman–Crippen LogP) is 2.49. The van der Waals surface area contributed by atoms with Gasteiger partial charge in [0.25, 0.3) is 0 Å². The number of hydrogen-bond donors (Lipinski definition) is 1. The van der Waals surface area contributed by atoms with E-state index in [2.05, 4.69) is 6.58 Å². The van der Waals surface area contributed by atoms with Crippen LogP contribution in [0.4, 0.5) is 4.79 Å². The summed E-state index contributed by atoms with van der Waals surface area (Å²) in [7, 11) is 0. The number of likely N-dealkylation sites (tertiary alicyclic amines) is 1. The van der Waals surface area contributed by atoms with Crippen molar-refractivity contribution >= 4 is 6.09 Å². The number of allylic oxidation sites excluding steroid dienone is 1. The molecular weight excluding hydrogens is 166 g/mol. The second-order valence-electron chi connectivity index (χ2n) is 3.49. The zero-order chi connectivity index (χ0) is 9.68. The van der Waals surface area contributed by atoms with Crippen molar-refractivity contribution in [2.24, 2.45) is 0 Å². The van der Waals surface area contributed by atoms with Gasteiger partial charge in [0.2, 0.25) is 0 Å². The fraction of sp³-hybridized carbons (Fsp3) is 0.700. The summed E-state index contributed by atoms with van der Waals surface area (Å²) >= 11 is 0. The third kappa shape index (κ3) is 2.76. The number of rotatable bonds is 3. The van der Waals surface area contributed by atoms with Crippen LogP contribution in [0.5, 0.6) is 0 Å². The third-order valence-electron chi connectivity index (χ3n) is 2.58. The lowest BCUT2D eigenvalue weighted by Crippen LogP contribution is -2.42. The monoisotopic (exact) mass is 183 g/mol. The topological polar surface area (TPSA) is 40.5 Å². The van der Waals surface area contributed by atoms with Crippen LogP contribution in [0.15, 0.2) is 12.7 Å².